The molecule has 11 heteroatoms. The number of carbonyl (C=O) groups is 2. The Morgan fingerprint density at radius 1 is 0.833 bits per heavy atom. The molecule has 0 aromatic heterocycles. The summed E-state index contributed by atoms with van der Waals surface area (Å²) in [4.78, 5) is 36.3. The van der Waals surface area contributed by atoms with Crippen LogP contribution in [0.25, 0.3) is 0 Å². The van der Waals surface area contributed by atoms with E-state index in [1.165, 1.54) is 63.8 Å². The van der Waals surface area contributed by atoms with Gasteiger partial charge in [-0.15, -0.1) is 0 Å². The van der Waals surface area contributed by atoms with Crippen LogP contribution in [0.5, 0.6) is 11.5 Å². The van der Waals surface area contributed by atoms with Crippen LogP contribution >= 0.6 is 0 Å². The van der Waals surface area contributed by atoms with Crippen LogP contribution in [0.15, 0.2) is 71.1 Å². The molecule has 54 heavy (non-hydrogen) atoms. The number of allylic oxidation sites excluding steroid dienone is 2. The predicted molar refractivity (Wildman–Crippen MR) is 219 cm³/mol. The van der Waals surface area contributed by atoms with E-state index in [4.69, 9.17) is 24.7 Å². The number of para-hydroxylation sites is 2. The minimum Gasteiger partial charge on any atom is -0.493 e. The first-order valence-corrected chi connectivity index (χ1v) is 19.5. The number of esters is 2. The molecule has 1 heterocycles. The second-order valence-corrected chi connectivity index (χ2v) is 13.3. The monoisotopic (exact) mass is 756 g/mol. The molecule has 0 aliphatic carbocycles. The Balaban J connectivity index is 0.000000957. The van der Waals surface area contributed by atoms with Gasteiger partial charge in [-0.3, -0.25) is 10.1 Å². The third-order valence-corrected chi connectivity index (χ3v) is 8.84. The zero-order valence-corrected chi connectivity index (χ0v) is 34.9. The van der Waals surface area contributed by atoms with Crippen LogP contribution < -0.4 is 20.5 Å². The molecular formula is C43H69N3O8. The second kappa shape index (κ2) is 29.0. The van der Waals surface area contributed by atoms with E-state index in [1.807, 2.05) is 31.2 Å². The molecule has 3 atom stereocenters. The molecule has 0 amide bonds. The molecule has 3 unspecified atom stereocenters. The van der Waals surface area contributed by atoms with E-state index in [2.05, 4.69) is 46.9 Å². The van der Waals surface area contributed by atoms with Crippen molar-refractivity contribution in [3.63, 3.8) is 0 Å². The van der Waals surface area contributed by atoms with Gasteiger partial charge < -0.3 is 30.0 Å². The van der Waals surface area contributed by atoms with E-state index in [9.17, 15) is 19.7 Å². The number of non-ortho nitro benzene ring substituents is 1. The zero-order chi connectivity index (χ0) is 41.1. The van der Waals surface area contributed by atoms with Gasteiger partial charge in [0.05, 0.1) is 42.8 Å². The van der Waals surface area contributed by atoms with Crippen LogP contribution in [0.2, 0.25) is 0 Å². The number of carbonyl (C=O) groups excluding carboxylic acids is 2. The molecule has 3 rings (SSSR count). The van der Waals surface area contributed by atoms with Crippen molar-refractivity contribution in [3.05, 3.63) is 86.7 Å². The molecule has 3 N–H and O–H groups in total. The maximum absolute atomic E-state index is 13.0. The molecule has 0 spiro atoms. The van der Waals surface area contributed by atoms with E-state index in [1.54, 1.807) is 27.0 Å². The van der Waals surface area contributed by atoms with Gasteiger partial charge >= 0.3 is 11.9 Å². The topological polar surface area (TPSA) is 152 Å². The third-order valence-electron chi connectivity index (χ3n) is 8.84. The smallest absolute Gasteiger partial charge is 0.336 e. The molecule has 11 nitrogen and oxygen atoms in total. The number of ether oxygens (including phenoxy) is 4. The van der Waals surface area contributed by atoms with Crippen LogP contribution in [0.4, 0.5) is 5.69 Å². The van der Waals surface area contributed by atoms with Crippen LogP contribution in [-0.4, -0.2) is 50.3 Å². The number of unbranched alkanes of at least 4 members (excludes halogenated alkanes) is 4. The Bertz CT molecular complexity index is 1450. The van der Waals surface area contributed by atoms with Gasteiger partial charge in [-0.2, -0.15) is 0 Å². The normalized spacial score (nSPS) is 14.3. The van der Waals surface area contributed by atoms with Crippen molar-refractivity contribution >= 4 is 17.6 Å². The van der Waals surface area contributed by atoms with Gasteiger partial charge in [0, 0.05) is 29.6 Å². The highest BCUT2D eigenvalue weighted by molar-refractivity contribution is 5.99. The predicted octanol–water partition coefficient (Wildman–Crippen LogP) is 10.2. The van der Waals surface area contributed by atoms with Crippen molar-refractivity contribution < 1.29 is 33.5 Å². The van der Waals surface area contributed by atoms with Crippen LogP contribution in [-0.2, 0) is 19.1 Å². The molecule has 0 saturated carbocycles. The van der Waals surface area contributed by atoms with Gasteiger partial charge in [0.2, 0.25) is 0 Å². The number of nitrogens with one attached hydrogen (secondary N) is 1. The lowest BCUT2D eigenvalue weighted by atomic mass is 9.80. The van der Waals surface area contributed by atoms with Gasteiger partial charge in [0.15, 0.2) is 11.5 Å². The number of dihydropyridines is 1. The largest absolute Gasteiger partial charge is 0.493 e. The number of hydrogen-bond acceptors (Lipinski definition) is 10. The maximum atomic E-state index is 13.0. The molecule has 2 aromatic rings. The van der Waals surface area contributed by atoms with Gasteiger partial charge in [-0.1, -0.05) is 118 Å². The van der Waals surface area contributed by atoms with E-state index in [-0.39, 0.29) is 29.5 Å². The summed E-state index contributed by atoms with van der Waals surface area (Å²) < 4.78 is 21.1. The highest BCUT2D eigenvalue weighted by atomic mass is 16.6. The van der Waals surface area contributed by atoms with Gasteiger partial charge in [0.25, 0.3) is 5.69 Å². The van der Waals surface area contributed by atoms with Crippen molar-refractivity contribution in [3.8, 4) is 11.5 Å². The Morgan fingerprint density at radius 2 is 1.41 bits per heavy atom. The van der Waals surface area contributed by atoms with E-state index >= 15 is 0 Å². The van der Waals surface area contributed by atoms with Crippen LogP contribution in [0, 0.1) is 16.0 Å². The summed E-state index contributed by atoms with van der Waals surface area (Å²) >= 11 is 0. The fraction of sp³-hybridized carbons (Fsp3) is 0.581. The van der Waals surface area contributed by atoms with Crippen molar-refractivity contribution in [2.24, 2.45) is 11.7 Å². The van der Waals surface area contributed by atoms with Crippen molar-refractivity contribution in [2.45, 2.75) is 132 Å². The molecule has 304 valence electrons. The summed E-state index contributed by atoms with van der Waals surface area (Å²) in [5.74, 6) is -0.107. The minimum atomic E-state index is -0.838. The number of nitrogens with two attached hydrogens (primary N) is 1. The summed E-state index contributed by atoms with van der Waals surface area (Å²) in [6.07, 6.45) is 10.8. The number of hydrogen-bond donors (Lipinski definition) is 2. The minimum absolute atomic E-state index is 0.0833. The van der Waals surface area contributed by atoms with Crippen LogP contribution in [0.1, 0.15) is 132 Å². The third kappa shape index (κ3) is 18.1. The molecule has 0 bridgehead atoms. The molecule has 0 radical (unpaired) electrons. The lowest BCUT2D eigenvalue weighted by molar-refractivity contribution is -0.384. The summed E-state index contributed by atoms with van der Waals surface area (Å²) in [5.41, 5.74) is 7.57. The highest BCUT2D eigenvalue weighted by Gasteiger charge is 2.38. The lowest BCUT2D eigenvalue weighted by Crippen LogP contribution is -2.32. The molecular weight excluding hydrogens is 686 g/mol. The van der Waals surface area contributed by atoms with Gasteiger partial charge in [0.1, 0.15) is 6.61 Å². The number of nitro benzene ring substituents is 1. The molecule has 2 aromatic carbocycles. The molecule has 1 aliphatic rings. The Labute approximate surface area is 325 Å². The molecule has 0 saturated heterocycles. The average molecular weight is 756 g/mol. The number of nitro groups is 1. The zero-order valence-electron chi connectivity index (χ0n) is 34.9. The first-order chi connectivity index (χ1) is 25.8. The fourth-order valence-corrected chi connectivity index (χ4v) is 4.98. The highest BCUT2D eigenvalue weighted by Crippen LogP contribution is 2.40. The quantitative estimate of drug-likeness (QED) is 0.0690. The first-order valence-electron chi connectivity index (χ1n) is 19.5. The van der Waals surface area contributed by atoms with Gasteiger partial charge in [-0.05, 0) is 50.3 Å². The van der Waals surface area contributed by atoms with Crippen molar-refractivity contribution in [2.75, 3.05) is 27.4 Å². The molecule has 0 fully saturated rings. The second-order valence-electron chi connectivity index (χ2n) is 13.3. The first kappa shape index (κ1) is 49.6. The van der Waals surface area contributed by atoms with Crippen molar-refractivity contribution in [1.82, 2.24) is 5.32 Å². The number of nitrogens with zero attached hydrogens (tertiary/aromatic N) is 1. The number of methoxy groups -OCH3 is 2. The lowest BCUT2D eigenvalue weighted by Gasteiger charge is -2.30. The summed E-state index contributed by atoms with van der Waals surface area (Å²) in [6.45, 7) is 19.2. The number of benzene rings is 2. The van der Waals surface area contributed by atoms with Gasteiger partial charge in [-0.25, -0.2) is 9.59 Å². The Hall–Kier alpha value is -4.38. The van der Waals surface area contributed by atoms with E-state index in [0.717, 1.165) is 30.8 Å². The van der Waals surface area contributed by atoms with E-state index < -0.39 is 22.8 Å². The van der Waals surface area contributed by atoms with Crippen LogP contribution in [0.3, 0.4) is 0 Å². The maximum Gasteiger partial charge on any atom is 0.336 e. The van der Waals surface area contributed by atoms with Crippen molar-refractivity contribution in [1.29, 1.82) is 0 Å². The standard InChI is InChI=1S/C22H28N2O6.C11H17NO2.C6H14.C4H10/c1-6-13(2)10-11-30-22(26)19-15(4)23-14(3)18(21(25)29-5)20(19)16-8-7-9-17(12-16)24(27)28;1-3-9(12)8-14-11-7-5-4-6-10(11)13-2;1-3-5-6-4-2;1-3-4-2/h7-9,12-13,20,23H,6,10-11H2,1-5H3;4-7,9H,3,8,12H2,1-2H3;3-6H2,1-2H3;3-4H2,1-2H3. The summed E-state index contributed by atoms with van der Waals surface area (Å²) in [7, 11) is 2.88. The average Bonchev–Trinajstić information content (AvgIpc) is 3.18. The summed E-state index contributed by atoms with van der Waals surface area (Å²) in [5, 5.41) is 14.3. The molecule has 1 aliphatic heterocycles. The summed E-state index contributed by atoms with van der Waals surface area (Å²) in [6, 6.07) is 13.6. The SMILES string of the molecule is CCC(C)CCOC(=O)C1=C(C)NC(C)=C(C(=O)OC)C1c1cccc([N+](=O)[O-])c1.CCC(N)COc1ccccc1OC.CCCC.CCCCCC. The fourth-order valence-electron chi connectivity index (χ4n) is 4.98. The van der Waals surface area contributed by atoms with E-state index in [0.29, 0.717) is 29.5 Å². The Morgan fingerprint density at radius 3 is 1.89 bits per heavy atom. The Kier molecular flexibility index (Phi) is 26.7. The number of rotatable bonds is 17.